The van der Waals surface area contributed by atoms with Crippen LogP contribution in [-0.4, -0.2) is 25.5 Å². The van der Waals surface area contributed by atoms with Crippen LogP contribution >= 0.6 is 0 Å². The third-order valence-electron chi connectivity index (χ3n) is 4.80. The molecule has 0 aromatic heterocycles. The molecule has 2 amide bonds. The Labute approximate surface area is 179 Å². The molecule has 1 unspecified atom stereocenters. The molecule has 0 radical (unpaired) electrons. The van der Waals surface area contributed by atoms with Gasteiger partial charge in [-0.1, -0.05) is 30.3 Å². The van der Waals surface area contributed by atoms with Crippen LogP contribution in [0.25, 0.3) is 0 Å². The zero-order valence-electron chi connectivity index (χ0n) is 17.1. The normalized spacial score (nSPS) is 11.5. The van der Waals surface area contributed by atoms with Crippen molar-refractivity contribution < 1.29 is 23.1 Å². The van der Waals surface area contributed by atoms with E-state index in [1.807, 2.05) is 0 Å². The van der Waals surface area contributed by atoms with E-state index in [2.05, 4.69) is 5.32 Å². The molecule has 0 aliphatic heterocycles. The predicted octanol–water partition coefficient (Wildman–Crippen LogP) is 4.75. The van der Waals surface area contributed by atoms with E-state index < -0.39 is 29.4 Å². The fraction of sp³-hybridized carbons (Fsp3) is 0.167. The molecule has 1 N–H and O–H groups in total. The number of hydrogen-bond acceptors (Lipinski definition) is 3. The number of likely N-dealkylation sites (N-methyl/N-ethyl adjacent to an activating group) is 1. The highest BCUT2D eigenvalue weighted by Crippen LogP contribution is 2.27. The molecule has 0 saturated carbocycles. The van der Waals surface area contributed by atoms with Gasteiger partial charge < -0.3 is 15.0 Å². The van der Waals surface area contributed by atoms with Crippen molar-refractivity contribution in [3.63, 3.8) is 0 Å². The van der Waals surface area contributed by atoms with Gasteiger partial charge in [0.25, 0.3) is 0 Å². The van der Waals surface area contributed by atoms with Crippen molar-refractivity contribution in [2.75, 3.05) is 23.9 Å². The average Bonchev–Trinajstić information content (AvgIpc) is 2.77. The second kappa shape index (κ2) is 9.84. The highest BCUT2D eigenvalue weighted by atomic mass is 19.1. The van der Waals surface area contributed by atoms with Gasteiger partial charge in [-0.05, 0) is 48.9 Å². The molecule has 0 saturated heterocycles. The van der Waals surface area contributed by atoms with Gasteiger partial charge in [0.05, 0.1) is 12.8 Å². The zero-order valence-corrected chi connectivity index (χ0v) is 17.1. The number of hydrogen-bond donors (Lipinski definition) is 1. The van der Waals surface area contributed by atoms with Gasteiger partial charge in [-0.3, -0.25) is 9.59 Å². The van der Waals surface area contributed by atoms with Crippen LogP contribution in [0.5, 0.6) is 5.75 Å². The Hall–Kier alpha value is -3.74. The van der Waals surface area contributed by atoms with Crippen molar-refractivity contribution in [1.29, 1.82) is 0 Å². The highest BCUT2D eigenvalue weighted by molar-refractivity contribution is 6.15. The van der Waals surface area contributed by atoms with Crippen LogP contribution < -0.4 is 15.0 Å². The molecular weight excluding hydrogens is 402 g/mol. The van der Waals surface area contributed by atoms with Gasteiger partial charge in [0, 0.05) is 18.3 Å². The van der Waals surface area contributed by atoms with Crippen LogP contribution in [0.4, 0.5) is 20.2 Å². The van der Waals surface area contributed by atoms with Crippen molar-refractivity contribution in [3.05, 3.63) is 90.0 Å². The van der Waals surface area contributed by atoms with Crippen molar-refractivity contribution in [3.8, 4) is 5.75 Å². The fourth-order valence-corrected chi connectivity index (χ4v) is 3.23. The number of ether oxygens (including phenoxy) is 1. The summed E-state index contributed by atoms with van der Waals surface area (Å²) in [5.41, 5.74) is 0.849. The molecule has 31 heavy (non-hydrogen) atoms. The zero-order chi connectivity index (χ0) is 22.4. The lowest BCUT2D eigenvalue weighted by Crippen LogP contribution is -2.40. The first-order valence-corrected chi connectivity index (χ1v) is 9.71. The predicted molar refractivity (Wildman–Crippen MR) is 115 cm³/mol. The van der Waals surface area contributed by atoms with Gasteiger partial charge >= 0.3 is 0 Å². The number of anilines is 2. The number of carbonyl (C=O) groups excluding carboxylic acids is 2. The first-order chi connectivity index (χ1) is 14.9. The lowest BCUT2D eigenvalue weighted by molar-refractivity contribution is -0.127. The maximum Gasteiger partial charge on any atom is 0.244 e. The van der Waals surface area contributed by atoms with E-state index in [-0.39, 0.29) is 5.69 Å². The minimum Gasteiger partial charge on any atom is -0.497 e. The van der Waals surface area contributed by atoms with E-state index in [1.54, 1.807) is 68.6 Å². The largest absolute Gasteiger partial charge is 0.497 e. The van der Waals surface area contributed by atoms with Crippen molar-refractivity contribution >= 4 is 23.2 Å². The highest BCUT2D eigenvalue weighted by Gasteiger charge is 2.33. The monoisotopic (exact) mass is 424 g/mol. The van der Waals surface area contributed by atoms with Gasteiger partial charge in [0.15, 0.2) is 0 Å². The Kier molecular flexibility index (Phi) is 6.97. The third-order valence-corrected chi connectivity index (χ3v) is 4.80. The Morgan fingerprint density at radius 1 is 1.00 bits per heavy atom. The van der Waals surface area contributed by atoms with Gasteiger partial charge in [0.1, 0.15) is 23.3 Å². The minimum absolute atomic E-state index is 0.201. The molecule has 0 aliphatic rings. The summed E-state index contributed by atoms with van der Waals surface area (Å²) >= 11 is 0. The van der Waals surface area contributed by atoms with Crippen LogP contribution in [-0.2, 0) is 9.59 Å². The number of amides is 2. The number of halogens is 2. The summed E-state index contributed by atoms with van der Waals surface area (Å²) in [6.45, 7) is 2.11. The standard InChI is InChI=1S/C24H22F2N2O3/c1-3-28(18-10-12-19(31-2)13-11-18)24(30)22(16-7-5-4-6-8-16)23(29)27-21-14-9-17(25)15-20(21)26/h4-15,22H,3H2,1-2H3,(H,27,29). The van der Waals surface area contributed by atoms with Gasteiger partial charge in [-0.25, -0.2) is 8.78 Å². The summed E-state index contributed by atoms with van der Waals surface area (Å²) in [6.07, 6.45) is 0. The summed E-state index contributed by atoms with van der Waals surface area (Å²) in [5, 5.41) is 2.42. The summed E-state index contributed by atoms with van der Waals surface area (Å²) in [5.74, 6) is -3.46. The van der Waals surface area contributed by atoms with E-state index in [0.29, 0.717) is 29.6 Å². The second-order valence-electron chi connectivity index (χ2n) is 6.74. The smallest absolute Gasteiger partial charge is 0.244 e. The van der Waals surface area contributed by atoms with Crippen molar-refractivity contribution in [1.82, 2.24) is 0 Å². The summed E-state index contributed by atoms with van der Waals surface area (Å²) in [6, 6.07) is 18.2. The molecule has 0 aliphatic carbocycles. The Morgan fingerprint density at radius 2 is 1.68 bits per heavy atom. The van der Waals surface area contributed by atoms with E-state index in [1.165, 1.54) is 4.90 Å². The second-order valence-corrected chi connectivity index (χ2v) is 6.74. The van der Waals surface area contributed by atoms with Crippen LogP contribution in [0.15, 0.2) is 72.8 Å². The minimum atomic E-state index is -1.23. The molecule has 0 spiro atoms. The summed E-state index contributed by atoms with van der Waals surface area (Å²) < 4.78 is 32.4. The molecule has 5 nitrogen and oxygen atoms in total. The van der Waals surface area contributed by atoms with Gasteiger partial charge in [0.2, 0.25) is 11.8 Å². The maximum atomic E-state index is 14.1. The van der Waals surface area contributed by atoms with Crippen LogP contribution in [0, 0.1) is 11.6 Å². The Morgan fingerprint density at radius 3 is 2.26 bits per heavy atom. The Balaban J connectivity index is 1.95. The number of benzene rings is 3. The van der Waals surface area contributed by atoms with Crippen LogP contribution in [0.3, 0.4) is 0 Å². The molecular formula is C24H22F2N2O3. The summed E-state index contributed by atoms with van der Waals surface area (Å²) in [7, 11) is 1.54. The van der Waals surface area contributed by atoms with E-state index >= 15 is 0 Å². The van der Waals surface area contributed by atoms with Gasteiger partial charge in [-0.15, -0.1) is 0 Å². The van der Waals surface area contributed by atoms with E-state index in [4.69, 9.17) is 4.74 Å². The van der Waals surface area contributed by atoms with Crippen LogP contribution in [0.1, 0.15) is 18.4 Å². The molecule has 1 atom stereocenters. The fourth-order valence-electron chi connectivity index (χ4n) is 3.23. The number of carbonyl (C=O) groups is 2. The molecule has 0 heterocycles. The molecule has 3 aromatic rings. The molecule has 160 valence electrons. The molecule has 0 bridgehead atoms. The third kappa shape index (κ3) is 5.06. The first-order valence-electron chi connectivity index (χ1n) is 9.71. The number of nitrogens with zero attached hydrogens (tertiary/aromatic N) is 1. The van der Waals surface area contributed by atoms with Crippen LogP contribution in [0.2, 0.25) is 0 Å². The lowest BCUT2D eigenvalue weighted by Gasteiger charge is -2.26. The summed E-state index contributed by atoms with van der Waals surface area (Å²) in [4.78, 5) is 28.1. The van der Waals surface area contributed by atoms with Gasteiger partial charge in [-0.2, -0.15) is 0 Å². The topological polar surface area (TPSA) is 58.6 Å². The van der Waals surface area contributed by atoms with E-state index in [9.17, 15) is 18.4 Å². The van der Waals surface area contributed by atoms with Crippen molar-refractivity contribution in [2.24, 2.45) is 0 Å². The quantitative estimate of drug-likeness (QED) is 0.557. The lowest BCUT2D eigenvalue weighted by atomic mass is 9.96. The number of methoxy groups -OCH3 is 1. The molecule has 0 fully saturated rings. The molecule has 7 heteroatoms. The first kappa shape index (κ1) is 22.0. The molecule has 3 rings (SSSR count). The van der Waals surface area contributed by atoms with E-state index in [0.717, 1.165) is 12.1 Å². The molecule has 3 aromatic carbocycles. The average molecular weight is 424 g/mol. The number of nitrogens with one attached hydrogen (secondary N) is 1. The number of rotatable bonds is 7. The SMILES string of the molecule is CCN(C(=O)C(C(=O)Nc1ccc(F)cc1F)c1ccccc1)c1ccc(OC)cc1. The maximum absolute atomic E-state index is 14.1. The van der Waals surface area contributed by atoms with Crippen molar-refractivity contribution in [2.45, 2.75) is 12.8 Å². The Bertz CT molecular complexity index is 1060.